The standard InChI is InChI=1S/C21H27NO/c1-3-10-21(23)12-9-19-18-6-4-14-13-15(22)5-7-16(14)17(18)8-11-20(19,21)2/h13,18-19,22-23H,4-9,11-12H2,1-2H3/t18-,19+,20+,21+/m1/s1. The van der Waals surface area contributed by atoms with E-state index in [9.17, 15) is 5.11 Å². The van der Waals surface area contributed by atoms with Crippen molar-refractivity contribution in [1.82, 2.24) is 0 Å². The highest BCUT2D eigenvalue weighted by Crippen LogP contribution is 2.63. The highest BCUT2D eigenvalue weighted by Gasteiger charge is 2.60. The fourth-order valence-electron chi connectivity index (χ4n) is 5.99. The molecule has 122 valence electrons. The molecular formula is C21H27NO. The molecule has 0 heterocycles. The Kier molecular flexibility index (Phi) is 3.36. The van der Waals surface area contributed by atoms with Gasteiger partial charge in [-0.05, 0) is 87.3 Å². The van der Waals surface area contributed by atoms with E-state index in [0.717, 1.165) is 50.7 Å². The molecular weight excluding hydrogens is 282 g/mol. The predicted molar refractivity (Wildman–Crippen MR) is 93.3 cm³/mol. The number of fused-ring (bicyclic) bond motifs is 4. The summed E-state index contributed by atoms with van der Waals surface area (Å²) in [6.07, 6.45) is 10.5. The summed E-state index contributed by atoms with van der Waals surface area (Å²) >= 11 is 0. The lowest BCUT2D eigenvalue weighted by Crippen LogP contribution is -2.49. The molecule has 0 unspecified atom stereocenters. The third kappa shape index (κ3) is 2.02. The third-order valence-corrected chi connectivity index (χ3v) is 7.25. The van der Waals surface area contributed by atoms with Crippen molar-refractivity contribution in [3.8, 4) is 11.8 Å². The molecule has 4 aliphatic carbocycles. The molecule has 0 aliphatic heterocycles. The maximum Gasteiger partial charge on any atom is 0.131 e. The van der Waals surface area contributed by atoms with Crippen LogP contribution < -0.4 is 0 Å². The lowest BCUT2D eigenvalue weighted by molar-refractivity contribution is -0.0467. The Bertz CT molecular complexity index is 688. The van der Waals surface area contributed by atoms with E-state index < -0.39 is 5.60 Å². The topological polar surface area (TPSA) is 44.1 Å². The van der Waals surface area contributed by atoms with Gasteiger partial charge in [-0.15, -0.1) is 5.92 Å². The van der Waals surface area contributed by atoms with Crippen molar-refractivity contribution in [3.63, 3.8) is 0 Å². The maximum absolute atomic E-state index is 11.2. The average molecular weight is 309 g/mol. The minimum Gasteiger partial charge on any atom is -0.377 e. The molecule has 2 heteroatoms. The van der Waals surface area contributed by atoms with Gasteiger partial charge in [-0.2, -0.15) is 0 Å². The molecule has 2 N–H and O–H groups in total. The quantitative estimate of drug-likeness (QED) is 0.640. The summed E-state index contributed by atoms with van der Waals surface area (Å²) in [5.41, 5.74) is 4.66. The first-order chi connectivity index (χ1) is 11.0. The van der Waals surface area contributed by atoms with Gasteiger partial charge in [0, 0.05) is 11.1 Å². The van der Waals surface area contributed by atoms with Crippen LogP contribution in [0.4, 0.5) is 0 Å². The second-order valence-corrected chi connectivity index (χ2v) is 8.14. The third-order valence-electron chi connectivity index (χ3n) is 7.25. The van der Waals surface area contributed by atoms with Crippen molar-refractivity contribution in [2.45, 2.75) is 70.8 Å². The van der Waals surface area contributed by atoms with Crippen molar-refractivity contribution in [2.24, 2.45) is 17.3 Å². The number of allylic oxidation sites excluding steroid dienone is 4. The van der Waals surface area contributed by atoms with E-state index in [1.807, 2.05) is 6.92 Å². The zero-order chi connectivity index (χ0) is 16.2. The molecule has 0 bridgehead atoms. The number of aliphatic hydroxyl groups is 1. The molecule has 0 amide bonds. The molecule has 0 aromatic carbocycles. The van der Waals surface area contributed by atoms with Gasteiger partial charge in [0.05, 0.1) is 0 Å². The largest absolute Gasteiger partial charge is 0.377 e. The average Bonchev–Trinajstić information content (AvgIpc) is 2.79. The van der Waals surface area contributed by atoms with Crippen molar-refractivity contribution >= 4 is 5.71 Å². The van der Waals surface area contributed by atoms with Crippen LogP contribution >= 0.6 is 0 Å². The van der Waals surface area contributed by atoms with Gasteiger partial charge in [0.15, 0.2) is 0 Å². The lowest BCUT2D eigenvalue weighted by atomic mass is 9.55. The van der Waals surface area contributed by atoms with Crippen molar-refractivity contribution < 1.29 is 5.11 Å². The van der Waals surface area contributed by atoms with Crippen LogP contribution in [-0.4, -0.2) is 16.4 Å². The molecule has 2 nitrogen and oxygen atoms in total. The monoisotopic (exact) mass is 309 g/mol. The molecule has 0 radical (unpaired) electrons. The lowest BCUT2D eigenvalue weighted by Gasteiger charge is -2.50. The number of nitrogens with one attached hydrogen (secondary N) is 1. The fraction of sp³-hybridized carbons (Fsp3) is 0.667. The van der Waals surface area contributed by atoms with Gasteiger partial charge in [0.25, 0.3) is 0 Å². The van der Waals surface area contributed by atoms with Crippen LogP contribution in [0.3, 0.4) is 0 Å². The first kappa shape index (κ1) is 15.2. The predicted octanol–water partition coefficient (Wildman–Crippen LogP) is 4.40. The van der Waals surface area contributed by atoms with Crippen molar-refractivity contribution in [1.29, 1.82) is 5.41 Å². The van der Waals surface area contributed by atoms with E-state index in [4.69, 9.17) is 5.41 Å². The molecule has 23 heavy (non-hydrogen) atoms. The Morgan fingerprint density at radius 1 is 1.17 bits per heavy atom. The molecule has 2 saturated carbocycles. The zero-order valence-corrected chi connectivity index (χ0v) is 14.3. The molecule has 4 rings (SSSR count). The van der Waals surface area contributed by atoms with E-state index in [1.165, 1.54) is 12.0 Å². The van der Waals surface area contributed by atoms with E-state index in [0.29, 0.717) is 11.8 Å². The summed E-state index contributed by atoms with van der Waals surface area (Å²) in [7, 11) is 0. The summed E-state index contributed by atoms with van der Waals surface area (Å²) < 4.78 is 0. The Morgan fingerprint density at radius 3 is 2.78 bits per heavy atom. The van der Waals surface area contributed by atoms with Crippen LogP contribution in [0.2, 0.25) is 0 Å². The Balaban J connectivity index is 1.74. The molecule has 4 aliphatic rings. The second-order valence-electron chi connectivity index (χ2n) is 8.14. The molecule has 0 spiro atoms. The van der Waals surface area contributed by atoms with Crippen LogP contribution in [0, 0.1) is 34.5 Å². The van der Waals surface area contributed by atoms with Gasteiger partial charge in [-0.3, -0.25) is 0 Å². The van der Waals surface area contributed by atoms with Crippen LogP contribution in [0.15, 0.2) is 22.8 Å². The van der Waals surface area contributed by atoms with Gasteiger partial charge < -0.3 is 10.5 Å². The first-order valence-corrected chi connectivity index (χ1v) is 9.15. The number of hydrogen-bond acceptors (Lipinski definition) is 2. The minimum absolute atomic E-state index is 0.0483. The zero-order valence-electron chi connectivity index (χ0n) is 14.3. The Morgan fingerprint density at radius 2 is 2.00 bits per heavy atom. The van der Waals surface area contributed by atoms with Crippen LogP contribution in [0.25, 0.3) is 0 Å². The normalized spacial score (nSPS) is 42.2. The molecule has 0 aromatic heterocycles. The van der Waals surface area contributed by atoms with Gasteiger partial charge in [-0.25, -0.2) is 0 Å². The molecule has 0 aromatic rings. The summed E-state index contributed by atoms with van der Waals surface area (Å²) in [6, 6.07) is 0. The number of rotatable bonds is 0. The summed E-state index contributed by atoms with van der Waals surface area (Å²) in [5.74, 6) is 7.37. The van der Waals surface area contributed by atoms with Crippen LogP contribution in [0.5, 0.6) is 0 Å². The van der Waals surface area contributed by atoms with Gasteiger partial charge in [0.2, 0.25) is 0 Å². The number of hydrogen-bond donors (Lipinski definition) is 2. The second kappa shape index (κ2) is 5.08. The molecule has 4 atom stereocenters. The van der Waals surface area contributed by atoms with Crippen LogP contribution in [0.1, 0.15) is 65.2 Å². The van der Waals surface area contributed by atoms with E-state index in [-0.39, 0.29) is 5.41 Å². The molecule has 2 fully saturated rings. The fourth-order valence-corrected chi connectivity index (χ4v) is 5.99. The van der Waals surface area contributed by atoms with E-state index in [2.05, 4.69) is 24.8 Å². The first-order valence-electron chi connectivity index (χ1n) is 9.15. The van der Waals surface area contributed by atoms with Crippen molar-refractivity contribution in [3.05, 3.63) is 22.8 Å². The SMILES string of the molecule is CC#C[C@]1(O)CC[C@H]2[C@@H]3CCC4=CC(=N)CCC4=C3CC[C@@]21C. The summed E-state index contributed by atoms with van der Waals surface area (Å²) in [5, 5.41) is 19.1. The smallest absolute Gasteiger partial charge is 0.131 e. The molecule has 0 saturated heterocycles. The van der Waals surface area contributed by atoms with Crippen LogP contribution in [-0.2, 0) is 0 Å². The highest BCUT2D eigenvalue weighted by molar-refractivity contribution is 5.95. The van der Waals surface area contributed by atoms with Gasteiger partial charge >= 0.3 is 0 Å². The van der Waals surface area contributed by atoms with Gasteiger partial charge in [-0.1, -0.05) is 18.4 Å². The van der Waals surface area contributed by atoms with E-state index >= 15 is 0 Å². The Labute approximate surface area is 139 Å². The van der Waals surface area contributed by atoms with Crippen molar-refractivity contribution in [2.75, 3.05) is 0 Å². The van der Waals surface area contributed by atoms with E-state index in [1.54, 1.807) is 11.1 Å². The Hall–Kier alpha value is -1.33. The summed E-state index contributed by atoms with van der Waals surface area (Å²) in [4.78, 5) is 0. The highest BCUT2D eigenvalue weighted by atomic mass is 16.3. The minimum atomic E-state index is -0.784. The summed E-state index contributed by atoms with van der Waals surface area (Å²) in [6.45, 7) is 4.14. The van der Waals surface area contributed by atoms with Gasteiger partial charge in [0.1, 0.15) is 5.60 Å². The maximum atomic E-state index is 11.2.